The number of nitrogen functional groups attached to an aromatic ring is 1. The third-order valence-corrected chi connectivity index (χ3v) is 3.98. The molecule has 0 aliphatic carbocycles. The van der Waals surface area contributed by atoms with Crippen molar-refractivity contribution in [2.24, 2.45) is 5.92 Å². The van der Waals surface area contributed by atoms with Crippen molar-refractivity contribution >= 4 is 52.3 Å². The predicted molar refractivity (Wildman–Crippen MR) is 84.1 cm³/mol. The number of aryl methyl sites for hydroxylation is 1. The Bertz CT molecular complexity index is 830. The van der Waals surface area contributed by atoms with Gasteiger partial charge >= 0.3 is 11.9 Å². The second-order valence-electron chi connectivity index (χ2n) is 5.66. The van der Waals surface area contributed by atoms with Gasteiger partial charge in [-0.05, 0) is 18.0 Å². The Morgan fingerprint density at radius 3 is 2.42 bits per heavy atom. The maximum absolute atomic E-state index is 12.0. The zero-order chi connectivity index (χ0) is 17.6. The Kier molecular flexibility index (Phi) is 4.00. The molecule has 128 valence electrons. The van der Waals surface area contributed by atoms with E-state index in [1.807, 2.05) is 0 Å². The molecule has 3 rings (SSSR count). The van der Waals surface area contributed by atoms with Crippen molar-refractivity contribution in [3.05, 3.63) is 10.4 Å². The number of aromatic nitrogens is 4. The van der Waals surface area contributed by atoms with Crippen LogP contribution in [-0.2, 0) is 25.6 Å². The summed E-state index contributed by atoms with van der Waals surface area (Å²) in [5.74, 6) is -3.66. The van der Waals surface area contributed by atoms with Gasteiger partial charge in [0, 0.05) is 20.4 Å². The number of carbonyl (C=O) groups excluding carboxylic acids is 2. The average molecular weight is 374 g/mol. The number of nitrogens with zero attached hydrogens (tertiary/aromatic N) is 4. The van der Waals surface area contributed by atoms with Crippen LogP contribution in [0.15, 0.2) is 0 Å². The van der Waals surface area contributed by atoms with E-state index in [-0.39, 0.29) is 34.9 Å². The van der Waals surface area contributed by atoms with Gasteiger partial charge in [-0.2, -0.15) is 9.97 Å². The van der Waals surface area contributed by atoms with Gasteiger partial charge in [-0.3, -0.25) is 14.2 Å². The molecular formula is C13H13Cl2N5O4. The summed E-state index contributed by atoms with van der Waals surface area (Å²) >= 11 is 12.0. The third-order valence-electron chi connectivity index (χ3n) is 3.43. The Morgan fingerprint density at radius 1 is 1.17 bits per heavy atom. The van der Waals surface area contributed by atoms with Crippen LogP contribution in [0.5, 0.6) is 0 Å². The zero-order valence-electron chi connectivity index (χ0n) is 12.7. The third kappa shape index (κ3) is 2.96. The molecule has 1 aliphatic rings. The van der Waals surface area contributed by atoms with Gasteiger partial charge in [-0.25, -0.2) is 4.98 Å². The van der Waals surface area contributed by atoms with Crippen molar-refractivity contribution in [1.29, 1.82) is 0 Å². The number of carbonyl (C=O) groups is 2. The van der Waals surface area contributed by atoms with Crippen molar-refractivity contribution in [3.8, 4) is 0 Å². The predicted octanol–water partition coefficient (Wildman–Crippen LogP) is 1.56. The minimum Gasteiger partial charge on any atom is -0.422 e. The van der Waals surface area contributed by atoms with E-state index in [0.29, 0.717) is 5.65 Å². The lowest BCUT2D eigenvalue weighted by molar-refractivity contribution is -0.240. The van der Waals surface area contributed by atoms with Gasteiger partial charge < -0.3 is 15.2 Å². The normalized spacial score (nSPS) is 17.8. The van der Waals surface area contributed by atoms with Gasteiger partial charge in [0.15, 0.2) is 16.7 Å². The van der Waals surface area contributed by atoms with Gasteiger partial charge in [-0.15, -0.1) is 0 Å². The molecule has 0 unspecified atom stereocenters. The molecule has 2 aromatic rings. The Morgan fingerprint density at radius 2 is 1.79 bits per heavy atom. The van der Waals surface area contributed by atoms with Crippen molar-refractivity contribution in [2.45, 2.75) is 32.6 Å². The number of hydrogen-bond donors (Lipinski definition) is 1. The molecule has 2 aromatic heterocycles. The average Bonchev–Trinajstić information content (AvgIpc) is 2.73. The summed E-state index contributed by atoms with van der Waals surface area (Å²) < 4.78 is 11.6. The number of fused-ring (bicyclic) bond motifs is 1. The fourth-order valence-electron chi connectivity index (χ4n) is 2.39. The molecule has 0 atom stereocenters. The lowest BCUT2D eigenvalue weighted by atomic mass is 10.0. The van der Waals surface area contributed by atoms with E-state index >= 15 is 0 Å². The minimum atomic E-state index is -1.26. The molecule has 11 heteroatoms. The number of ether oxygens (including phenoxy) is 2. The molecule has 1 fully saturated rings. The first-order chi connectivity index (χ1) is 11.2. The molecule has 0 amide bonds. The van der Waals surface area contributed by atoms with E-state index in [9.17, 15) is 9.59 Å². The molecule has 9 nitrogen and oxygen atoms in total. The van der Waals surface area contributed by atoms with Crippen LogP contribution in [0.1, 0.15) is 20.3 Å². The number of imidazole rings is 1. The number of nitrogens with two attached hydrogens (primary N) is 1. The van der Waals surface area contributed by atoms with E-state index < -0.39 is 23.6 Å². The standard InChI is InChI=1S/C13H13Cl2N5O4/c1-13(2)23-9(21)5(10(22)24-13)3-4-20-8-6(17-11(20)15)7(14)18-12(16)19-8/h5H,3-4H2,1-2H3,(H2,16,18,19). The van der Waals surface area contributed by atoms with Crippen molar-refractivity contribution < 1.29 is 19.1 Å². The highest BCUT2D eigenvalue weighted by molar-refractivity contribution is 6.34. The highest BCUT2D eigenvalue weighted by Crippen LogP contribution is 2.28. The van der Waals surface area contributed by atoms with E-state index in [1.54, 1.807) is 0 Å². The van der Waals surface area contributed by atoms with Crippen LogP contribution in [0.3, 0.4) is 0 Å². The monoisotopic (exact) mass is 373 g/mol. The van der Waals surface area contributed by atoms with Gasteiger partial charge in [0.1, 0.15) is 5.52 Å². The van der Waals surface area contributed by atoms with Crippen LogP contribution in [0.2, 0.25) is 10.4 Å². The second kappa shape index (κ2) is 5.75. The van der Waals surface area contributed by atoms with Gasteiger partial charge in [0.05, 0.1) is 0 Å². The van der Waals surface area contributed by atoms with Crippen LogP contribution in [0, 0.1) is 5.92 Å². The molecule has 0 spiro atoms. The maximum Gasteiger partial charge on any atom is 0.323 e. The topological polar surface area (TPSA) is 122 Å². The first-order valence-corrected chi connectivity index (χ1v) is 7.74. The van der Waals surface area contributed by atoms with Crippen LogP contribution >= 0.6 is 23.2 Å². The Labute approximate surface area is 146 Å². The van der Waals surface area contributed by atoms with Gasteiger partial charge in [0.25, 0.3) is 5.79 Å². The van der Waals surface area contributed by atoms with Crippen LogP contribution in [0.25, 0.3) is 11.2 Å². The van der Waals surface area contributed by atoms with Gasteiger partial charge in [-0.1, -0.05) is 11.6 Å². The summed E-state index contributed by atoms with van der Waals surface area (Å²) in [6, 6.07) is 0. The van der Waals surface area contributed by atoms with E-state index in [4.69, 9.17) is 38.4 Å². The number of anilines is 1. The molecule has 2 N–H and O–H groups in total. The highest BCUT2D eigenvalue weighted by Gasteiger charge is 2.43. The summed E-state index contributed by atoms with van der Waals surface area (Å²) in [4.78, 5) is 35.9. The minimum absolute atomic E-state index is 0.0384. The Hall–Kier alpha value is -2.13. The first-order valence-electron chi connectivity index (χ1n) is 6.98. The maximum atomic E-state index is 12.0. The summed E-state index contributed by atoms with van der Waals surface area (Å²) in [5, 5.41) is 0.154. The number of hydrogen-bond acceptors (Lipinski definition) is 8. The van der Waals surface area contributed by atoms with Crippen molar-refractivity contribution in [3.63, 3.8) is 0 Å². The fourth-order valence-corrected chi connectivity index (χ4v) is 2.85. The molecule has 0 bridgehead atoms. The van der Waals surface area contributed by atoms with Gasteiger partial charge in [0.2, 0.25) is 11.2 Å². The van der Waals surface area contributed by atoms with E-state index in [0.717, 1.165) is 0 Å². The fraction of sp³-hybridized carbons (Fsp3) is 0.462. The SMILES string of the molecule is CC1(C)OC(=O)C(CCn2c(Cl)nc3c(Cl)nc(N)nc32)C(=O)O1. The van der Waals surface area contributed by atoms with Crippen molar-refractivity contribution in [1.82, 2.24) is 19.5 Å². The largest absolute Gasteiger partial charge is 0.422 e. The molecule has 24 heavy (non-hydrogen) atoms. The van der Waals surface area contributed by atoms with Crippen LogP contribution < -0.4 is 5.73 Å². The summed E-state index contributed by atoms with van der Waals surface area (Å²) in [5.41, 5.74) is 6.17. The molecular weight excluding hydrogens is 361 g/mol. The summed E-state index contributed by atoms with van der Waals surface area (Å²) in [7, 11) is 0. The molecule has 0 radical (unpaired) electrons. The van der Waals surface area contributed by atoms with E-state index in [2.05, 4.69) is 15.0 Å². The molecule has 1 aliphatic heterocycles. The van der Waals surface area contributed by atoms with E-state index in [1.165, 1.54) is 18.4 Å². The highest BCUT2D eigenvalue weighted by atomic mass is 35.5. The number of esters is 2. The molecule has 3 heterocycles. The Balaban J connectivity index is 1.85. The molecule has 0 saturated carbocycles. The summed E-state index contributed by atoms with van der Waals surface area (Å²) in [6.07, 6.45) is 0.0977. The first kappa shape index (κ1) is 16.7. The lowest BCUT2D eigenvalue weighted by Gasteiger charge is -2.32. The zero-order valence-corrected chi connectivity index (χ0v) is 14.3. The van der Waals surface area contributed by atoms with Crippen LogP contribution in [-0.4, -0.2) is 37.2 Å². The summed E-state index contributed by atoms with van der Waals surface area (Å²) in [6.45, 7) is 3.14. The number of halogens is 2. The quantitative estimate of drug-likeness (QED) is 0.372. The number of rotatable bonds is 3. The number of cyclic esters (lactones) is 2. The second-order valence-corrected chi connectivity index (χ2v) is 6.36. The van der Waals surface area contributed by atoms with Crippen LogP contribution in [0.4, 0.5) is 5.95 Å². The lowest BCUT2D eigenvalue weighted by Crippen LogP contribution is -2.46. The smallest absolute Gasteiger partial charge is 0.323 e. The molecule has 1 saturated heterocycles. The van der Waals surface area contributed by atoms with Crippen molar-refractivity contribution in [2.75, 3.05) is 5.73 Å². The molecule has 0 aromatic carbocycles.